The fourth-order valence-electron chi connectivity index (χ4n) is 4.44. The van der Waals surface area contributed by atoms with Gasteiger partial charge in [0, 0.05) is 11.6 Å². The van der Waals surface area contributed by atoms with E-state index in [2.05, 4.69) is 4.90 Å². The first-order chi connectivity index (χ1) is 11.7. The molecule has 0 spiro atoms. The molecule has 1 aromatic rings. The fourth-order valence-corrected chi connectivity index (χ4v) is 4.57. The van der Waals surface area contributed by atoms with Crippen LogP contribution in [0.25, 0.3) is 0 Å². The molecular formula is C21H32ClNO. The zero-order valence-corrected chi connectivity index (χ0v) is 15.6. The first kappa shape index (κ1) is 18.2. The van der Waals surface area contributed by atoms with Crippen LogP contribution in [0.5, 0.6) is 0 Å². The van der Waals surface area contributed by atoms with Crippen LogP contribution >= 0.6 is 11.6 Å². The minimum absolute atomic E-state index is 0.402. The topological polar surface area (TPSA) is 23.5 Å². The van der Waals surface area contributed by atoms with Gasteiger partial charge in [-0.3, -0.25) is 0 Å². The number of benzene rings is 1. The second-order valence-electron chi connectivity index (χ2n) is 7.89. The maximum absolute atomic E-state index is 10.4. The Labute approximate surface area is 152 Å². The van der Waals surface area contributed by atoms with Crippen molar-refractivity contribution >= 4 is 11.6 Å². The maximum atomic E-state index is 10.4. The normalized spacial score (nSPS) is 22.6. The van der Waals surface area contributed by atoms with Gasteiger partial charge in [-0.05, 0) is 55.5 Å². The number of aliphatic hydroxyl groups excluding tert-OH is 1. The molecule has 24 heavy (non-hydrogen) atoms. The molecule has 0 amide bonds. The van der Waals surface area contributed by atoms with Crippen molar-refractivity contribution in [1.29, 1.82) is 0 Å². The Morgan fingerprint density at radius 2 is 1.50 bits per heavy atom. The van der Waals surface area contributed by atoms with Crippen molar-refractivity contribution in [2.75, 3.05) is 19.6 Å². The summed E-state index contributed by atoms with van der Waals surface area (Å²) in [6, 6.07) is 7.59. The molecule has 3 rings (SSSR count). The summed E-state index contributed by atoms with van der Waals surface area (Å²) >= 11 is 5.92. The van der Waals surface area contributed by atoms with Gasteiger partial charge in [0.05, 0.1) is 6.10 Å². The Balaban J connectivity index is 1.36. The van der Waals surface area contributed by atoms with E-state index < -0.39 is 6.10 Å². The van der Waals surface area contributed by atoms with E-state index in [1.54, 1.807) is 0 Å². The summed E-state index contributed by atoms with van der Waals surface area (Å²) in [6.07, 6.45) is 12.4. The van der Waals surface area contributed by atoms with Crippen molar-refractivity contribution < 1.29 is 5.11 Å². The first-order valence-electron chi connectivity index (χ1n) is 9.86. The fraction of sp³-hybridized carbons (Fsp3) is 0.714. The summed E-state index contributed by atoms with van der Waals surface area (Å²) in [5.41, 5.74) is 0.971. The highest BCUT2D eigenvalue weighted by molar-refractivity contribution is 6.30. The van der Waals surface area contributed by atoms with Crippen molar-refractivity contribution in [3.05, 3.63) is 34.9 Å². The summed E-state index contributed by atoms with van der Waals surface area (Å²) < 4.78 is 0. The van der Waals surface area contributed by atoms with Gasteiger partial charge in [-0.15, -0.1) is 0 Å². The number of likely N-dealkylation sites (tertiary alicyclic amines) is 1. The van der Waals surface area contributed by atoms with Crippen LogP contribution in [0.3, 0.4) is 0 Å². The van der Waals surface area contributed by atoms with E-state index in [1.165, 1.54) is 57.8 Å². The molecule has 1 unspecified atom stereocenters. The van der Waals surface area contributed by atoms with Crippen molar-refractivity contribution in [3.63, 3.8) is 0 Å². The molecule has 134 valence electrons. The summed E-state index contributed by atoms with van der Waals surface area (Å²) in [5, 5.41) is 11.1. The molecule has 1 saturated carbocycles. The number of hydrogen-bond donors (Lipinski definition) is 1. The summed E-state index contributed by atoms with van der Waals surface area (Å²) in [4.78, 5) is 2.43. The maximum Gasteiger partial charge on any atom is 0.0916 e. The molecule has 1 N–H and O–H groups in total. The SMILES string of the molecule is OC(CN1CCC(CCC2CCCCC2)CC1)c1ccc(Cl)cc1. The molecule has 2 nitrogen and oxygen atoms in total. The van der Waals surface area contributed by atoms with Gasteiger partial charge in [0.25, 0.3) is 0 Å². The van der Waals surface area contributed by atoms with E-state index in [0.717, 1.165) is 42.1 Å². The number of piperidine rings is 1. The number of halogens is 1. The Morgan fingerprint density at radius 1 is 0.917 bits per heavy atom. The van der Waals surface area contributed by atoms with E-state index in [1.807, 2.05) is 24.3 Å². The van der Waals surface area contributed by atoms with Gasteiger partial charge in [0.2, 0.25) is 0 Å². The Kier molecular flexibility index (Phi) is 7.00. The quantitative estimate of drug-likeness (QED) is 0.738. The zero-order valence-electron chi connectivity index (χ0n) is 14.8. The third-order valence-electron chi connectivity index (χ3n) is 6.10. The smallest absolute Gasteiger partial charge is 0.0916 e. The van der Waals surface area contributed by atoms with Crippen LogP contribution in [0.1, 0.15) is 69.5 Å². The molecule has 2 aliphatic rings. The van der Waals surface area contributed by atoms with Crippen molar-refractivity contribution in [1.82, 2.24) is 4.90 Å². The highest BCUT2D eigenvalue weighted by Crippen LogP contribution is 2.31. The number of hydrogen-bond acceptors (Lipinski definition) is 2. The second-order valence-corrected chi connectivity index (χ2v) is 8.33. The predicted octanol–water partition coefficient (Wildman–Crippen LogP) is 5.45. The number of rotatable bonds is 6. The molecule has 1 aromatic carbocycles. The van der Waals surface area contributed by atoms with Gasteiger partial charge in [-0.25, -0.2) is 0 Å². The Hall–Kier alpha value is -0.570. The number of β-amino-alcohol motifs (C(OH)–C–C–N with tert-alkyl or cyclic N) is 1. The molecule has 1 saturated heterocycles. The van der Waals surface area contributed by atoms with Gasteiger partial charge < -0.3 is 10.0 Å². The monoisotopic (exact) mass is 349 g/mol. The molecule has 1 heterocycles. The van der Waals surface area contributed by atoms with Gasteiger partial charge in [-0.2, -0.15) is 0 Å². The summed E-state index contributed by atoms with van der Waals surface area (Å²) in [7, 11) is 0. The number of aliphatic hydroxyl groups is 1. The summed E-state index contributed by atoms with van der Waals surface area (Å²) in [6.45, 7) is 3.02. The molecule has 0 radical (unpaired) electrons. The number of nitrogens with zero attached hydrogens (tertiary/aromatic N) is 1. The highest BCUT2D eigenvalue weighted by atomic mass is 35.5. The van der Waals surface area contributed by atoms with Crippen LogP contribution in [0.4, 0.5) is 0 Å². The van der Waals surface area contributed by atoms with E-state index in [9.17, 15) is 5.11 Å². The van der Waals surface area contributed by atoms with E-state index in [0.29, 0.717) is 0 Å². The first-order valence-corrected chi connectivity index (χ1v) is 10.2. The lowest BCUT2D eigenvalue weighted by molar-refractivity contribution is 0.0865. The summed E-state index contributed by atoms with van der Waals surface area (Å²) in [5.74, 6) is 1.93. The molecule has 1 atom stereocenters. The third-order valence-corrected chi connectivity index (χ3v) is 6.35. The van der Waals surface area contributed by atoms with Gasteiger partial charge >= 0.3 is 0 Å². The molecule has 2 fully saturated rings. The van der Waals surface area contributed by atoms with Crippen LogP contribution in [0.15, 0.2) is 24.3 Å². The average molecular weight is 350 g/mol. The van der Waals surface area contributed by atoms with Crippen molar-refractivity contribution in [2.45, 2.75) is 63.9 Å². The van der Waals surface area contributed by atoms with E-state index in [-0.39, 0.29) is 0 Å². The van der Waals surface area contributed by atoms with E-state index >= 15 is 0 Å². The average Bonchev–Trinajstić information content (AvgIpc) is 2.62. The standard InChI is InChI=1S/C21H32ClNO/c22-20-10-8-19(9-11-20)21(24)16-23-14-12-18(13-15-23)7-6-17-4-2-1-3-5-17/h8-11,17-18,21,24H,1-7,12-16H2. The van der Waals surface area contributed by atoms with Crippen LogP contribution in [-0.2, 0) is 0 Å². The largest absolute Gasteiger partial charge is 0.387 e. The minimum Gasteiger partial charge on any atom is -0.387 e. The molecule has 3 heteroatoms. The lowest BCUT2D eigenvalue weighted by atomic mass is 9.82. The van der Waals surface area contributed by atoms with E-state index in [4.69, 9.17) is 11.6 Å². The minimum atomic E-state index is -0.402. The molecule has 1 aliphatic heterocycles. The molecular weight excluding hydrogens is 318 g/mol. The molecule has 0 bridgehead atoms. The van der Waals surface area contributed by atoms with Gasteiger partial charge in [-0.1, -0.05) is 68.7 Å². The van der Waals surface area contributed by atoms with Gasteiger partial charge in [0.1, 0.15) is 0 Å². The van der Waals surface area contributed by atoms with Gasteiger partial charge in [0.15, 0.2) is 0 Å². The van der Waals surface area contributed by atoms with Crippen LogP contribution in [0.2, 0.25) is 5.02 Å². The zero-order chi connectivity index (χ0) is 16.8. The molecule has 1 aliphatic carbocycles. The van der Waals surface area contributed by atoms with Crippen LogP contribution in [-0.4, -0.2) is 29.6 Å². The van der Waals surface area contributed by atoms with Crippen molar-refractivity contribution in [3.8, 4) is 0 Å². The lowest BCUT2D eigenvalue weighted by Crippen LogP contribution is -2.36. The highest BCUT2D eigenvalue weighted by Gasteiger charge is 2.23. The predicted molar refractivity (Wildman–Crippen MR) is 101 cm³/mol. The second kappa shape index (κ2) is 9.22. The van der Waals surface area contributed by atoms with Crippen LogP contribution in [0, 0.1) is 11.8 Å². The van der Waals surface area contributed by atoms with Crippen molar-refractivity contribution in [2.24, 2.45) is 11.8 Å². The Morgan fingerprint density at radius 3 is 2.12 bits per heavy atom. The third kappa shape index (κ3) is 5.47. The Bertz CT molecular complexity index is 475. The molecule has 0 aromatic heterocycles. The van der Waals surface area contributed by atoms with Crippen LogP contribution < -0.4 is 0 Å². The lowest BCUT2D eigenvalue weighted by Gasteiger charge is -2.34.